The van der Waals surface area contributed by atoms with Crippen LogP contribution in [0.5, 0.6) is 5.75 Å². The van der Waals surface area contributed by atoms with E-state index >= 15 is 0 Å². The van der Waals surface area contributed by atoms with Gasteiger partial charge in [-0.3, -0.25) is 19.3 Å². The zero-order valence-corrected chi connectivity index (χ0v) is 22.9. The predicted octanol–water partition coefficient (Wildman–Crippen LogP) is -2.57. The van der Waals surface area contributed by atoms with Crippen molar-refractivity contribution in [3.8, 4) is 5.75 Å². The number of quaternary nitrogens is 1. The summed E-state index contributed by atoms with van der Waals surface area (Å²) in [5.41, 5.74) is 8.56. The molecule has 4 heterocycles. The average Bonchev–Trinajstić information content (AvgIpc) is 3.31. The third kappa shape index (κ3) is 6.06. The molecule has 2 aliphatic rings. The number of aromatic nitrogens is 3. The number of likely N-dealkylation sites (N-methyl/N-ethyl adjacent to an activating group) is 1. The van der Waals surface area contributed by atoms with E-state index in [0.29, 0.717) is 41.0 Å². The van der Waals surface area contributed by atoms with E-state index in [0.717, 1.165) is 16.4 Å². The monoisotopic (exact) mass is 580 g/mol. The molecule has 0 radical (unpaired) electrons. The molecule has 0 aromatic carbocycles. The van der Waals surface area contributed by atoms with Crippen molar-refractivity contribution in [2.75, 3.05) is 45.8 Å². The highest BCUT2D eigenvalue weighted by Crippen LogP contribution is 2.40. The number of anilines is 1. The first-order valence-corrected chi connectivity index (χ1v) is 13.5. The molecule has 1 saturated heterocycles. The summed E-state index contributed by atoms with van der Waals surface area (Å²) in [4.78, 5) is 62.7. The number of aromatic hydroxyl groups is 1. The number of rotatable bonds is 11. The summed E-state index contributed by atoms with van der Waals surface area (Å²) in [6, 6.07) is -0.779. The Hall–Kier alpha value is -3.51. The normalized spacial score (nSPS) is 19.9. The number of carboxylic acid groups (broad SMARTS) is 1. The lowest BCUT2D eigenvalue weighted by molar-refractivity contribution is -0.885. The van der Waals surface area contributed by atoms with Crippen LogP contribution in [-0.2, 0) is 25.6 Å². The van der Waals surface area contributed by atoms with Gasteiger partial charge in [-0.05, 0) is 0 Å². The lowest BCUT2D eigenvalue weighted by atomic mass is 10.0. The fourth-order valence-electron chi connectivity index (χ4n) is 4.40. The highest BCUT2D eigenvalue weighted by atomic mass is 32.2. The van der Waals surface area contributed by atoms with Gasteiger partial charge in [-0.15, -0.1) is 11.8 Å². The number of H-pyrrole nitrogens is 1. The third-order valence-electron chi connectivity index (χ3n) is 6.31. The Morgan fingerprint density at radius 3 is 2.77 bits per heavy atom. The second kappa shape index (κ2) is 11.3. The van der Waals surface area contributed by atoms with Crippen LogP contribution >= 0.6 is 23.3 Å². The molecule has 17 heteroatoms. The molecule has 0 spiro atoms. The Kier molecular flexibility index (Phi) is 8.26. The number of fused-ring (bicyclic) bond motifs is 1. The second-order valence-electron chi connectivity index (χ2n) is 9.66. The van der Waals surface area contributed by atoms with Crippen molar-refractivity contribution in [2.45, 2.75) is 23.9 Å². The first-order chi connectivity index (χ1) is 18.4. The van der Waals surface area contributed by atoms with Crippen LogP contribution < -0.4 is 27.1 Å². The number of carboxylic acids is 1. The molecule has 39 heavy (non-hydrogen) atoms. The zero-order chi connectivity index (χ0) is 28.5. The summed E-state index contributed by atoms with van der Waals surface area (Å²) in [7, 11) is 5.11. The van der Waals surface area contributed by atoms with Crippen molar-refractivity contribution < 1.29 is 33.9 Å². The topological polar surface area (TPSA) is 216 Å². The largest absolute Gasteiger partial charge is 0.543 e. The molecule has 2 aliphatic heterocycles. The minimum atomic E-state index is -1.47. The summed E-state index contributed by atoms with van der Waals surface area (Å²) < 4.78 is 4.36. The van der Waals surface area contributed by atoms with Gasteiger partial charge in [0.2, 0.25) is 11.3 Å². The number of nitrogen functional groups attached to an aromatic ring is 1. The van der Waals surface area contributed by atoms with Crippen LogP contribution in [0, 0.1) is 0 Å². The molecule has 0 aliphatic carbocycles. The maximum absolute atomic E-state index is 13.1. The molecular weight excluding hydrogens is 552 g/mol. The van der Waals surface area contributed by atoms with Crippen LogP contribution in [0.4, 0.5) is 5.13 Å². The van der Waals surface area contributed by atoms with E-state index in [-0.39, 0.29) is 22.4 Å². The van der Waals surface area contributed by atoms with E-state index in [1.807, 2.05) is 14.1 Å². The number of nitrogens with two attached hydrogens (primary N) is 1. The standard InChI is InChI=1S/C22H28N8O7S2/c1-30(2,5-4-11-6-12(31)13(32)7-24-11)8-10-9-38-20-15(19(34)29(20)16(10)21(35)36)25-18(33)14(27-37-3)17-26-22(23)39-28-17/h6-7,14-15,20,27H,4-5,8-9H2,1-3H3,(H5-,23,24,25,26,28,31,32,33,35,36)/t14?,15-,20+/m1/s1. The van der Waals surface area contributed by atoms with Gasteiger partial charge in [0.15, 0.2) is 22.7 Å². The molecule has 2 aromatic rings. The Bertz CT molecular complexity index is 1370. The number of hydrogen-bond donors (Lipinski definition) is 5. The predicted molar refractivity (Wildman–Crippen MR) is 139 cm³/mol. The number of nitrogens with one attached hydrogen (secondary N) is 3. The Balaban J connectivity index is 1.45. The van der Waals surface area contributed by atoms with Gasteiger partial charge < -0.3 is 40.4 Å². The molecule has 1 fully saturated rings. The van der Waals surface area contributed by atoms with Crippen molar-refractivity contribution in [1.82, 2.24) is 30.0 Å². The smallest absolute Gasteiger partial charge is 0.253 e. The minimum Gasteiger partial charge on any atom is -0.543 e. The number of carbonyl (C=O) groups is 3. The van der Waals surface area contributed by atoms with Gasteiger partial charge in [0.25, 0.3) is 5.91 Å². The van der Waals surface area contributed by atoms with E-state index < -0.39 is 40.7 Å². The maximum atomic E-state index is 13.1. The lowest BCUT2D eigenvalue weighted by Crippen LogP contribution is -2.72. The molecule has 6 N–H and O–H groups in total. The van der Waals surface area contributed by atoms with E-state index in [1.54, 1.807) is 0 Å². The van der Waals surface area contributed by atoms with Crippen molar-refractivity contribution in [3.05, 3.63) is 45.3 Å². The van der Waals surface area contributed by atoms with Crippen LogP contribution in [-0.4, -0.2) is 98.1 Å². The summed E-state index contributed by atoms with van der Waals surface area (Å²) in [6.45, 7) is 0.844. The Morgan fingerprint density at radius 2 is 2.15 bits per heavy atom. The van der Waals surface area contributed by atoms with Crippen molar-refractivity contribution in [3.63, 3.8) is 0 Å². The van der Waals surface area contributed by atoms with Crippen molar-refractivity contribution >= 4 is 46.2 Å². The summed E-state index contributed by atoms with van der Waals surface area (Å²) >= 11 is 2.24. The minimum absolute atomic E-state index is 0.0748. The van der Waals surface area contributed by atoms with Crippen molar-refractivity contribution in [1.29, 1.82) is 0 Å². The van der Waals surface area contributed by atoms with Gasteiger partial charge in [-0.2, -0.15) is 9.85 Å². The van der Waals surface area contributed by atoms with Crippen molar-refractivity contribution in [2.24, 2.45) is 0 Å². The molecule has 4 rings (SSSR count). The number of nitrogens with zero attached hydrogens (tertiary/aromatic N) is 4. The summed E-state index contributed by atoms with van der Waals surface area (Å²) in [5, 5.41) is 23.7. The number of hydrogen-bond acceptors (Lipinski definition) is 13. The fraction of sp³-hybridized carbons (Fsp3) is 0.455. The SMILES string of the molecule is CONC(C(=O)N[C@@H]1C(=O)N2C(C(=O)[O-])=C(C[N+](C)(C)CCc3cc(=O)c(O)c[nH]3)CS[C@@H]12)c1nsc(N)n1. The second-order valence-corrected chi connectivity index (χ2v) is 11.5. The first-order valence-electron chi connectivity index (χ1n) is 11.7. The van der Waals surface area contributed by atoms with Gasteiger partial charge in [0.05, 0.1) is 39.4 Å². The number of hydroxylamine groups is 1. The molecule has 3 atom stereocenters. The first kappa shape index (κ1) is 28.5. The molecular formula is C22H28N8O7S2. The van der Waals surface area contributed by atoms with Crippen LogP contribution in [0.1, 0.15) is 17.6 Å². The number of aliphatic carboxylic acids is 1. The van der Waals surface area contributed by atoms with Gasteiger partial charge >= 0.3 is 0 Å². The number of β-lactam (4-membered cyclic amide) rings is 1. The highest BCUT2D eigenvalue weighted by Gasteiger charge is 2.53. The number of pyridine rings is 1. The number of thioether (sulfide) groups is 1. The van der Waals surface area contributed by atoms with E-state index in [2.05, 4.69) is 25.1 Å². The molecule has 0 saturated carbocycles. The Morgan fingerprint density at radius 1 is 1.41 bits per heavy atom. The van der Waals surface area contributed by atoms with Crippen LogP contribution in [0.15, 0.2) is 28.3 Å². The molecule has 1 unspecified atom stereocenters. The quantitative estimate of drug-likeness (QED) is 0.105. The van der Waals surface area contributed by atoms with Crippen LogP contribution in [0.3, 0.4) is 0 Å². The number of amides is 2. The molecule has 2 aromatic heterocycles. The number of aromatic amines is 1. The fourth-order valence-corrected chi connectivity index (χ4v) is 6.21. The average molecular weight is 581 g/mol. The van der Waals surface area contributed by atoms with Gasteiger partial charge in [0, 0.05) is 47.2 Å². The maximum Gasteiger partial charge on any atom is 0.253 e. The summed E-state index contributed by atoms with van der Waals surface area (Å²) in [5.74, 6) is -2.67. The lowest BCUT2D eigenvalue weighted by Gasteiger charge is -2.51. The van der Waals surface area contributed by atoms with Gasteiger partial charge in [-0.25, -0.2) is 4.98 Å². The van der Waals surface area contributed by atoms with Crippen LogP contribution in [0.2, 0.25) is 0 Å². The van der Waals surface area contributed by atoms with E-state index in [1.165, 1.54) is 31.1 Å². The van der Waals surface area contributed by atoms with E-state index in [9.17, 15) is 29.4 Å². The van der Waals surface area contributed by atoms with E-state index in [4.69, 9.17) is 10.6 Å². The zero-order valence-electron chi connectivity index (χ0n) is 21.3. The summed E-state index contributed by atoms with van der Waals surface area (Å²) in [6.07, 6.45) is 1.70. The van der Waals surface area contributed by atoms with Crippen LogP contribution in [0.25, 0.3) is 0 Å². The Labute approximate surface area is 230 Å². The molecule has 2 amide bonds. The highest BCUT2D eigenvalue weighted by molar-refractivity contribution is 8.00. The molecule has 210 valence electrons. The molecule has 15 nitrogen and oxygen atoms in total. The molecule has 0 bridgehead atoms. The number of carbonyl (C=O) groups excluding carboxylic acids is 3. The van der Waals surface area contributed by atoms with Gasteiger partial charge in [0.1, 0.15) is 18.0 Å². The van der Waals surface area contributed by atoms with Gasteiger partial charge in [-0.1, -0.05) is 0 Å². The third-order valence-corrected chi connectivity index (χ3v) is 8.21.